The van der Waals surface area contributed by atoms with E-state index in [4.69, 9.17) is 25.6 Å². The van der Waals surface area contributed by atoms with E-state index >= 15 is 0 Å². The van der Waals surface area contributed by atoms with Crippen LogP contribution in [0.2, 0.25) is 0 Å². The molecule has 1 fully saturated rings. The maximum absolute atomic E-state index is 13.9. The van der Waals surface area contributed by atoms with E-state index in [0.717, 1.165) is 41.5 Å². The van der Waals surface area contributed by atoms with Gasteiger partial charge in [-0.3, -0.25) is 14.5 Å². The smallest absolute Gasteiger partial charge is 0.335 e. The average Bonchev–Trinajstić information content (AvgIpc) is 3.68. The van der Waals surface area contributed by atoms with E-state index < -0.39 is 17.3 Å². The van der Waals surface area contributed by atoms with Gasteiger partial charge in [-0.25, -0.2) is 4.79 Å². The quantitative estimate of drug-likeness (QED) is 0.0491. The van der Waals surface area contributed by atoms with Crippen molar-refractivity contribution < 1.29 is 28.4 Å². The van der Waals surface area contributed by atoms with E-state index in [1.54, 1.807) is 18.2 Å². The molecule has 1 saturated heterocycles. The van der Waals surface area contributed by atoms with E-state index in [1.807, 2.05) is 38.1 Å². The van der Waals surface area contributed by atoms with Crippen molar-refractivity contribution in [2.75, 3.05) is 32.2 Å². The van der Waals surface area contributed by atoms with Crippen molar-refractivity contribution in [3.05, 3.63) is 82.8 Å². The van der Waals surface area contributed by atoms with E-state index in [-0.39, 0.29) is 29.1 Å². The van der Waals surface area contributed by atoms with Crippen LogP contribution in [0.25, 0.3) is 11.1 Å². The number of hydrogen-bond donors (Lipinski definition) is 0. The summed E-state index contributed by atoms with van der Waals surface area (Å²) >= 11 is 5.72. The van der Waals surface area contributed by atoms with E-state index in [1.165, 1.54) is 6.26 Å². The highest BCUT2D eigenvalue weighted by Gasteiger charge is 2.41. The number of rotatable bonds is 13. The Hall–Kier alpha value is -3.59. The molecule has 0 radical (unpaired) electrons. The minimum Gasteiger partial charge on any atom is -0.462 e. The molecule has 1 aliphatic carbocycles. The third kappa shape index (κ3) is 6.55. The minimum atomic E-state index is -0.693. The number of unbranched alkanes of at least 4 members (excludes halogenated alkanes) is 2. The number of hydrogen-bond acceptors (Lipinski definition) is 8. The molecular formula is C36H41ClN2O6. The Bertz CT molecular complexity index is 1590. The summed E-state index contributed by atoms with van der Waals surface area (Å²) in [5, 5.41) is 3.97. The lowest BCUT2D eigenvalue weighted by molar-refractivity contribution is -0.143. The Morgan fingerprint density at radius 1 is 0.978 bits per heavy atom. The molecular weight excluding hydrogens is 592 g/mol. The van der Waals surface area contributed by atoms with Crippen LogP contribution in [0, 0.1) is 0 Å². The van der Waals surface area contributed by atoms with Gasteiger partial charge in [-0.05, 0) is 79.6 Å². The summed E-state index contributed by atoms with van der Waals surface area (Å²) in [7, 11) is 0. The number of Topliss-reactive ketones (excluding diaryl/α,β-unsaturated/α-hetero) is 2. The fourth-order valence-corrected chi connectivity index (χ4v) is 6.54. The van der Waals surface area contributed by atoms with Crippen LogP contribution in [0.5, 0.6) is 0 Å². The van der Waals surface area contributed by atoms with Crippen molar-refractivity contribution in [1.29, 1.82) is 0 Å². The first kappa shape index (κ1) is 32.8. The van der Waals surface area contributed by atoms with Crippen LogP contribution in [0.3, 0.4) is 0 Å². The SMILES string of the molecule is CCC1(C)c2ccc(C(=O)/C(=N/OC(=O)CCCCCCl)c3ccco3)cc2-c2cc(C(=O)C(C)(C)N3CCOCC3)ccc21. The van der Waals surface area contributed by atoms with Crippen LogP contribution in [0.15, 0.2) is 64.4 Å². The molecule has 0 bridgehead atoms. The molecule has 2 aromatic carbocycles. The molecule has 8 nitrogen and oxygen atoms in total. The number of ketones is 2. The Labute approximate surface area is 269 Å². The van der Waals surface area contributed by atoms with Gasteiger partial charge in [0, 0.05) is 41.9 Å². The van der Waals surface area contributed by atoms with Gasteiger partial charge in [-0.1, -0.05) is 49.7 Å². The molecule has 0 amide bonds. The summed E-state index contributed by atoms with van der Waals surface area (Å²) in [6.07, 6.45) is 4.70. The zero-order valence-electron chi connectivity index (χ0n) is 26.5. The van der Waals surface area contributed by atoms with E-state index in [9.17, 15) is 14.4 Å². The average molecular weight is 633 g/mol. The summed E-state index contributed by atoms with van der Waals surface area (Å²) in [4.78, 5) is 47.5. The van der Waals surface area contributed by atoms with E-state index in [2.05, 4.69) is 30.0 Å². The molecule has 2 heterocycles. The normalized spacial score (nSPS) is 18.4. The lowest BCUT2D eigenvalue weighted by Crippen LogP contribution is -2.54. The van der Waals surface area contributed by atoms with Crippen LogP contribution < -0.4 is 0 Å². The molecule has 9 heteroatoms. The topological polar surface area (TPSA) is 98.4 Å². The number of carbonyl (C=O) groups excluding carboxylic acids is 3. The Kier molecular flexibility index (Phi) is 10.1. The summed E-state index contributed by atoms with van der Waals surface area (Å²) < 4.78 is 11.0. The molecule has 0 N–H and O–H groups in total. The molecule has 238 valence electrons. The van der Waals surface area contributed by atoms with Gasteiger partial charge in [-0.15, -0.1) is 11.6 Å². The monoisotopic (exact) mass is 632 g/mol. The molecule has 0 saturated carbocycles. The fourth-order valence-electron chi connectivity index (χ4n) is 6.36. The summed E-state index contributed by atoms with van der Waals surface area (Å²) in [6, 6.07) is 14.8. The van der Waals surface area contributed by atoms with Crippen LogP contribution in [-0.2, 0) is 19.8 Å². The van der Waals surface area contributed by atoms with Crippen molar-refractivity contribution in [1.82, 2.24) is 4.90 Å². The predicted octanol–water partition coefficient (Wildman–Crippen LogP) is 7.20. The molecule has 1 aromatic heterocycles. The second kappa shape index (κ2) is 13.8. The van der Waals surface area contributed by atoms with Gasteiger partial charge in [0.05, 0.1) is 25.0 Å². The second-order valence-electron chi connectivity index (χ2n) is 12.4. The third-order valence-corrected chi connectivity index (χ3v) is 9.60. The summed E-state index contributed by atoms with van der Waals surface area (Å²) in [6.45, 7) is 10.9. The molecule has 45 heavy (non-hydrogen) atoms. The van der Waals surface area contributed by atoms with Crippen molar-refractivity contribution in [2.24, 2.45) is 5.16 Å². The zero-order chi connectivity index (χ0) is 32.2. The predicted molar refractivity (Wildman–Crippen MR) is 174 cm³/mol. The van der Waals surface area contributed by atoms with Gasteiger partial charge in [0.1, 0.15) is 0 Å². The maximum atomic E-state index is 13.9. The Morgan fingerprint density at radius 2 is 1.64 bits per heavy atom. The number of morpholine rings is 1. The van der Waals surface area contributed by atoms with Crippen molar-refractivity contribution in [2.45, 2.75) is 70.8 Å². The maximum Gasteiger partial charge on any atom is 0.335 e. The number of alkyl halides is 1. The van der Waals surface area contributed by atoms with Gasteiger partial charge in [-0.2, -0.15) is 0 Å². The fraction of sp³-hybridized carbons (Fsp3) is 0.444. The van der Waals surface area contributed by atoms with Gasteiger partial charge >= 0.3 is 5.97 Å². The number of oxime groups is 1. The van der Waals surface area contributed by atoms with E-state index in [0.29, 0.717) is 49.7 Å². The number of halogens is 1. The number of carbonyl (C=O) groups is 3. The molecule has 1 aliphatic heterocycles. The van der Waals surface area contributed by atoms with Gasteiger partial charge in [0.2, 0.25) is 5.78 Å². The van der Waals surface area contributed by atoms with Crippen molar-refractivity contribution >= 4 is 34.8 Å². The number of furan rings is 1. The molecule has 1 unspecified atom stereocenters. The lowest BCUT2D eigenvalue weighted by Gasteiger charge is -2.39. The molecule has 3 aromatic rings. The highest BCUT2D eigenvalue weighted by Crippen LogP contribution is 2.51. The van der Waals surface area contributed by atoms with Gasteiger partial charge in [0.25, 0.3) is 0 Å². The highest BCUT2D eigenvalue weighted by molar-refractivity contribution is 6.50. The van der Waals surface area contributed by atoms with Crippen LogP contribution in [-0.4, -0.2) is 65.9 Å². The lowest BCUT2D eigenvalue weighted by atomic mass is 9.77. The number of benzene rings is 2. The first-order valence-corrected chi connectivity index (χ1v) is 16.2. The summed E-state index contributed by atoms with van der Waals surface area (Å²) in [5.41, 5.74) is 3.97. The summed E-state index contributed by atoms with van der Waals surface area (Å²) in [5.74, 6) is -0.178. The van der Waals surface area contributed by atoms with Crippen LogP contribution in [0.1, 0.15) is 97.4 Å². The number of ether oxygens (including phenoxy) is 1. The van der Waals surface area contributed by atoms with Crippen LogP contribution in [0.4, 0.5) is 0 Å². The third-order valence-electron chi connectivity index (χ3n) is 9.33. The van der Waals surface area contributed by atoms with Crippen molar-refractivity contribution in [3.8, 4) is 11.1 Å². The van der Waals surface area contributed by atoms with Gasteiger partial charge in [0.15, 0.2) is 17.3 Å². The first-order valence-electron chi connectivity index (χ1n) is 15.7. The highest BCUT2D eigenvalue weighted by atomic mass is 35.5. The van der Waals surface area contributed by atoms with Crippen LogP contribution >= 0.6 is 11.6 Å². The standard InChI is InChI=1S/C36H41ClN2O6/c1-5-36(4)28-14-12-24(33(41)32(30-10-9-19-44-30)38-45-31(40)11-7-6-8-16-37)22-26(28)27-23-25(13-15-29(27)36)34(42)35(2,3)39-17-20-43-21-18-39/h9-10,12-15,19,22-23H,5-8,11,16-18,20-21H2,1-4H3/b38-32+. The minimum absolute atomic E-state index is 0.0443. The van der Waals surface area contributed by atoms with Gasteiger partial charge < -0.3 is 14.0 Å². The number of fused-ring (bicyclic) bond motifs is 3. The number of nitrogens with zero attached hydrogens (tertiary/aromatic N) is 2. The molecule has 1 atom stereocenters. The first-order chi connectivity index (χ1) is 21.6. The molecule has 5 rings (SSSR count). The van der Waals surface area contributed by atoms with Crippen molar-refractivity contribution in [3.63, 3.8) is 0 Å². The Balaban J connectivity index is 1.48. The largest absolute Gasteiger partial charge is 0.462 e. The Morgan fingerprint density at radius 3 is 2.27 bits per heavy atom. The second-order valence-corrected chi connectivity index (χ2v) is 12.8. The zero-order valence-corrected chi connectivity index (χ0v) is 27.2. The molecule has 2 aliphatic rings. The molecule has 0 spiro atoms.